The third-order valence-electron chi connectivity index (χ3n) is 3.07. The molecule has 2 N–H and O–H groups in total. The topological polar surface area (TPSA) is 80.5 Å². The second kappa shape index (κ2) is 5.37. The lowest BCUT2D eigenvalue weighted by atomic mass is 10.1. The second-order valence-electron chi connectivity index (χ2n) is 4.86. The van der Waals surface area contributed by atoms with Gasteiger partial charge in [-0.15, -0.1) is 0 Å². The van der Waals surface area contributed by atoms with Crippen LogP contribution in [-0.4, -0.2) is 26.6 Å². The number of carbonyl (C=O) groups is 1. The summed E-state index contributed by atoms with van der Waals surface area (Å²) in [6.45, 7) is 2.40. The number of hydrogen-bond donors (Lipinski definition) is 1. The van der Waals surface area contributed by atoms with Gasteiger partial charge in [0.05, 0.1) is 11.4 Å². The van der Waals surface area contributed by atoms with Crippen molar-refractivity contribution in [1.29, 1.82) is 0 Å². The van der Waals surface area contributed by atoms with Gasteiger partial charge in [0.15, 0.2) is 0 Å². The highest BCUT2D eigenvalue weighted by Crippen LogP contribution is 2.30. The molecule has 0 saturated carbocycles. The highest BCUT2D eigenvalue weighted by Gasteiger charge is 2.33. The summed E-state index contributed by atoms with van der Waals surface area (Å²) in [5.74, 6) is -0.410. The lowest BCUT2D eigenvalue weighted by molar-refractivity contribution is -0.117. The lowest BCUT2D eigenvalue weighted by Gasteiger charge is -2.18. The van der Waals surface area contributed by atoms with E-state index in [1.807, 2.05) is 25.1 Å². The van der Waals surface area contributed by atoms with Gasteiger partial charge in [-0.2, -0.15) is 0 Å². The van der Waals surface area contributed by atoms with Crippen LogP contribution in [0.2, 0.25) is 0 Å². The van der Waals surface area contributed by atoms with Crippen LogP contribution in [-0.2, 0) is 14.8 Å². The van der Waals surface area contributed by atoms with Crippen molar-refractivity contribution in [3.63, 3.8) is 0 Å². The van der Waals surface area contributed by atoms with Crippen molar-refractivity contribution < 1.29 is 13.2 Å². The molecule has 1 fully saturated rings. The maximum absolute atomic E-state index is 12.0. The average Bonchev–Trinajstić information content (AvgIpc) is 2.56. The summed E-state index contributed by atoms with van der Waals surface area (Å²) in [5.41, 5.74) is 1.97. The number of amides is 1. The molecule has 1 aliphatic heterocycles. The molecule has 7 heteroatoms. The summed E-state index contributed by atoms with van der Waals surface area (Å²) in [6.07, 6.45) is 0.236. The zero-order valence-electron chi connectivity index (χ0n) is 10.5. The fourth-order valence-electron chi connectivity index (χ4n) is 2.29. The van der Waals surface area contributed by atoms with Gasteiger partial charge < -0.3 is 4.90 Å². The van der Waals surface area contributed by atoms with Crippen LogP contribution in [0.4, 0.5) is 5.69 Å². The lowest BCUT2D eigenvalue weighted by Crippen LogP contribution is -2.28. The van der Waals surface area contributed by atoms with Gasteiger partial charge in [0.25, 0.3) is 0 Å². The van der Waals surface area contributed by atoms with Crippen LogP contribution in [0, 0.1) is 16.4 Å². The van der Waals surface area contributed by atoms with Crippen molar-refractivity contribution in [2.75, 3.05) is 17.2 Å². The van der Waals surface area contributed by atoms with E-state index in [1.54, 1.807) is 4.90 Å². The molecule has 1 amide bonds. The van der Waals surface area contributed by atoms with Gasteiger partial charge in [-0.3, -0.25) is 4.79 Å². The Morgan fingerprint density at radius 1 is 1.47 bits per heavy atom. The first-order valence-corrected chi connectivity index (χ1v) is 8.62. The number of aryl methyl sites for hydroxylation is 1. The smallest absolute Gasteiger partial charge is 0.227 e. The summed E-state index contributed by atoms with van der Waals surface area (Å²) in [4.78, 5) is 13.6. The van der Waals surface area contributed by atoms with E-state index in [4.69, 9.17) is 5.14 Å². The molecular formula is C12H15IN2O3S. The van der Waals surface area contributed by atoms with E-state index in [2.05, 4.69) is 22.6 Å². The quantitative estimate of drug-likeness (QED) is 0.784. The van der Waals surface area contributed by atoms with Gasteiger partial charge in [0, 0.05) is 22.5 Å². The molecule has 0 bridgehead atoms. The predicted molar refractivity (Wildman–Crippen MR) is 82.3 cm³/mol. The minimum Gasteiger partial charge on any atom is -0.311 e. The SMILES string of the molecule is Cc1ccc(N2CC(CS(N)(=O)=O)CC2=O)c(I)c1. The largest absolute Gasteiger partial charge is 0.311 e. The highest BCUT2D eigenvalue weighted by molar-refractivity contribution is 14.1. The van der Waals surface area contributed by atoms with Crippen LogP contribution in [0.3, 0.4) is 0 Å². The van der Waals surface area contributed by atoms with Crippen molar-refractivity contribution in [2.45, 2.75) is 13.3 Å². The summed E-state index contributed by atoms with van der Waals surface area (Å²) in [5, 5.41) is 5.04. The van der Waals surface area contributed by atoms with Crippen LogP contribution in [0.5, 0.6) is 0 Å². The first-order chi connectivity index (χ1) is 8.76. The number of primary sulfonamides is 1. The Labute approximate surface area is 126 Å². The Kier molecular flexibility index (Phi) is 4.17. The zero-order chi connectivity index (χ0) is 14.2. The highest BCUT2D eigenvalue weighted by atomic mass is 127. The molecule has 1 unspecified atom stereocenters. The normalized spacial score (nSPS) is 20.1. The number of carbonyl (C=O) groups excluding carboxylic acids is 1. The Hall–Kier alpha value is -0.670. The van der Waals surface area contributed by atoms with E-state index in [1.165, 1.54) is 0 Å². The van der Waals surface area contributed by atoms with Crippen LogP contribution < -0.4 is 10.0 Å². The van der Waals surface area contributed by atoms with E-state index in [0.29, 0.717) is 6.54 Å². The Balaban J connectivity index is 2.20. The third-order valence-corrected chi connectivity index (χ3v) is 4.87. The van der Waals surface area contributed by atoms with Crippen molar-refractivity contribution in [3.8, 4) is 0 Å². The van der Waals surface area contributed by atoms with E-state index in [0.717, 1.165) is 14.8 Å². The van der Waals surface area contributed by atoms with Crippen LogP contribution in [0.1, 0.15) is 12.0 Å². The number of hydrogen-bond acceptors (Lipinski definition) is 3. The van der Waals surface area contributed by atoms with Crippen LogP contribution >= 0.6 is 22.6 Å². The third kappa shape index (κ3) is 3.67. The van der Waals surface area contributed by atoms with E-state index >= 15 is 0 Å². The molecule has 0 aliphatic carbocycles. The minimum absolute atomic E-state index is 0.0459. The van der Waals surface area contributed by atoms with Gasteiger partial charge in [-0.1, -0.05) is 6.07 Å². The average molecular weight is 394 g/mol. The molecule has 1 saturated heterocycles. The van der Waals surface area contributed by atoms with E-state index in [-0.39, 0.29) is 24.0 Å². The van der Waals surface area contributed by atoms with Gasteiger partial charge in [-0.05, 0) is 47.2 Å². The zero-order valence-corrected chi connectivity index (χ0v) is 13.4. The second-order valence-corrected chi connectivity index (χ2v) is 7.68. The Morgan fingerprint density at radius 2 is 2.16 bits per heavy atom. The van der Waals surface area contributed by atoms with Crippen molar-refractivity contribution in [3.05, 3.63) is 27.3 Å². The molecule has 1 aromatic carbocycles. The number of anilines is 1. The van der Waals surface area contributed by atoms with Gasteiger partial charge in [-0.25, -0.2) is 13.6 Å². The van der Waals surface area contributed by atoms with Crippen LogP contribution in [0.25, 0.3) is 0 Å². The number of nitrogens with two attached hydrogens (primary N) is 1. The van der Waals surface area contributed by atoms with Gasteiger partial charge in [0.1, 0.15) is 0 Å². The molecule has 1 heterocycles. The predicted octanol–water partition coefficient (Wildman–Crippen LogP) is 1.24. The van der Waals surface area contributed by atoms with Crippen LogP contribution in [0.15, 0.2) is 18.2 Å². The van der Waals surface area contributed by atoms with Crippen molar-refractivity contribution >= 4 is 44.2 Å². The first-order valence-electron chi connectivity index (χ1n) is 5.83. The van der Waals surface area contributed by atoms with Gasteiger partial charge >= 0.3 is 0 Å². The number of rotatable bonds is 3. The standard InChI is InChI=1S/C12H15IN2O3S/c1-8-2-3-11(10(13)4-8)15-6-9(5-12(15)16)7-19(14,17)18/h2-4,9H,5-7H2,1H3,(H2,14,17,18). The fraction of sp³-hybridized carbons (Fsp3) is 0.417. The maximum atomic E-state index is 12.0. The molecule has 2 rings (SSSR count). The number of halogens is 1. The molecule has 0 radical (unpaired) electrons. The summed E-state index contributed by atoms with van der Waals surface area (Å²) in [7, 11) is -3.53. The summed E-state index contributed by atoms with van der Waals surface area (Å²) >= 11 is 2.18. The first kappa shape index (κ1) is 14.7. The molecule has 5 nitrogen and oxygen atoms in total. The molecule has 0 spiro atoms. The molecule has 1 aromatic rings. The molecule has 1 atom stereocenters. The van der Waals surface area contributed by atoms with Crippen molar-refractivity contribution in [1.82, 2.24) is 0 Å². The molecule has 19 heavy (non-hydrogen) atoms. The molecule has 104 valence electrons. The van der Waals surface area contributed by atoms with E-state index < -0.39 is 10.0 Å². The van der Waals surface area contributed by atoms with Gasteiger partial charge in [0.2, 0.25) is 15.9 Å². The Morgan fingerprint density at radius 3 is 2.74 bits per heavy atom. The van der Waals surface area contributed by atoms with E-state index in [9.17, 15) is 13.2 Å². The van der Waals surface area contributed by atoms with Crippen molar-refractivity contribution in [2.24, 2.45) is 11.1 Å². The summed E-state index contributed by atoms with van der Waals surface area (Å²) < 4.78 is 23.2. The molecule has 0 aromatic heterocycles. The minimum atomic E-state index is -3.53. The summed E-state index contributed by atoms with van der Waals surface area (Å²) in [6, 6.07) is 5.84. The number of nitrogens with zero attached hydrogens (tertiary/aromatic N) is 1. The number of sulfonamides is 1. The number of benzene rings is 1. The molecule has 1 aliphatic rings. The maximum Gasteiger partial charge on any atom is 0.227 e. The fourth-order valence-corrected chi connectivity index (χ4v) is 4.13. The Bertz CT molecular complexity index is 615. The molecular weight excluding hydrogens is 379 g/mol. The monoisotopic (exact) mass is 394 g/mol.